The van der Waals surface area contributed by atoms with Crippen molar-refractivity contribution >= 4 is 33.5 Å². The van der Waals surface area contributed by atoms with Crippen LogP contribution in [0.3, 0.4) is 0 Å². The zero-order chi connectivity index (χ0) is 38.8. The third-order valence-electron chi connectivity index (χ3n) is 12.1. The molecule has 4 nitrogen and oxygen atoms in total. The van der Waals surface area contributed by atoms with Gasteiger partial charge in [-0.3, -0.25) is 0 Å². The van der Waals surface area contributed by atoms with Gasteiger partial charge in [0, 0.05) is 33.0 Å². The number of aromatic nitrogens is 1. The van der Waals surface area contributed by atoms with Gasteiger partial charge >= 0.3 is 0 Å². The molecular weight excluding hydrogens is 705 g/mol. The van der Waals surface area contributed by atoms with Crippen molar-refractivity contribution in [3.63, 3.8) is 0 Å². The Labute approximate surface area is 338 Å². The van der Waals surface area contributed by atoms with Crippen molar-refractivity contribution < 1.29 is 0 Å². The van der Waals surface area contributed by atoms with Crippen LogP contribution in [0.1, 0.15) is 47.8 Å². The van der Waals surface area contributed by atoms with E-state index in [2.05, 4.69) is 206 Å². The molecule has 11 rings (SSSR count). The normalized spacial score (nSPS) is 15.4. The number of fused-ring (bicyclic) bond motifs is 6. The van der Waals surface area contributed by atoms with Gasteiger partial charge in [-0.25, -0.2) is 9.98 Å². The molecule has 0 bridgehead atoms. The summed E-state index contributed by atoms with van der Waals surface area (Å²) >= 11 is 0. The largest absolute Gasteiger partial charge is 0.344 e. The molecule has 1 N–H and O–H groups in total. The molecular formula is C54H40N4. The van der Waals surface area contributed by atoms with Crippen LogP contribution in [0, 0.1) is 0 Å². The Kier molecular flexibility index (Phi) is 7.87. The van der Waals surface area contributed by atoms with Gasteiger partial charge in [0.15, 0.2) is 5.84 Å². The molecule has 0 radical (unpaired) electrons. The molecule has 8 aromatic carbocycles. The monoisotopic (exact) mass is 744 g/mol. The summed E-state index contributed by atoms with van der Waals surface area (Å²) in [7, 11) is 0. The molecule has 0 fully saturated rings. The van der Waals surface area contributed by atoms with E-state index < -0.39 is 0 Å². The quantitative estimate of drug-likeness (QED) is 0.181. The van der Waals surface area contributed by atoms with Gasteiger partial charge < -0.3 is 9.88 Å². The first-order chi connectivity index (χ1) is 28.5. The average Bonchev–Trinajstić information content (AvgIpc) is 3.74. The zero-order valence-electron chi connectivity index (χ0n) is 32.4. The first kappa shape index (κ1) is 34.0. The van der Waals surface area contributed by atoms with E-state index in [1.54, 1.807) is 0 Å². The van der Waals surface area contributed by atoms with Gasteiger partial charge in [0.1, 0.15) is 12.0 Å². The molecule has 58 heavy (non-hydrogen) atoms. The molecule has 1 unspecified atom stereocenters. The smallest absolute Gasteiger partial charge is 0.159 e. The van der Waals surface area contributed by atoms with E-state index in [9.17, 15) is 0 Å². The fourth-order valence-electron chi connectivity index (χ4n) is 9.19. The van der Waals surface area contributed by atoms with E-state index in [1.165, 1.54) is 49.9 Å². The Hall–Kier alpha value is -7.30. The van der Waals surface area contributed by atoms with Crippen molar-refractivity contribution in [3.8, 4) is 39.1 Å². The van der Waals surface area contributed by atoms with Crippen LogP contribution in [0.15, 0.2) is 204 Å². The summed E-state index contributed by atoms with van der Waals surface area (Å²) in [6.07, 6.45) is -0.277. The second-order valence-electron chi connectivity index (χ2n) is 15.9. The summed E-state index contributed by atoms with van der Waals surface area (Å²) in [5.41, 5.74) is 16.7. The minimum absolute atomic E-state index is 0.0763. The fourth-order valence-corrected chi connectivity index (χ4v) is 9.19. The first-order valence-corrected chi connectivity index (χ1v) is 20.0. The van der Waals surface area contributed by atoms with Crippen LogP contribution in [-0.4, -0.2) is 16.2 Å². The number of amidine groups is 2. The van der Waals surface area contributed by atoms with Crippen molar-refractivity contribution in [1.29, 1.82) is 0 Å². The molecule has 0 saturated carbocycles. The third kappa shape index (κ3) is 5.52. The molecule has 1 aliphatic heterocycles. The highest BCUT2D eigenvalue weighted by Crippen LogP contribution is 2.52. The summed E-state index contributed by atoms with van der Waals surface area (Å²) in [6.45, 7) is 4.70. The maximum atomic E-state index is 5.25. The molecule has 276 valence electrons. The van der Waals surface area contributed by atoms with Gasteiger partial charge in [-0.1, -0.05) is 166 Å². The van der Waals surface area contributed by atoms with Gasteiger partial charge in [-0.2, -0.15) is 0 Å². The lowest BCUT2D eigenvalue weighted by Crippen LogP contribution is -2.33. The number of benzene rings is 8. The molecule has 1 atom stereocenters. The molecule has 1 aromatic heterocycles. The van der Waals surface area contributed by atoms with Crippen molar-refractivity contribution in [2.24, 2.45) is 9.98 Å². The fraction of sp³-hybridized carbons (Fsp3) is 0.0741. The van der Waals surface area contributed by atoms with Gasteiger partial charge in [0.05, 0.1) is 11.0 Å². The summed E-state index contributed by atoms with van der Waals surface area (Å²) in [5, 5.41) is 5.95. The third-order valence-corrected chi connectivity index (χ3v) is 12.1. The Morgan fingerprint density at radius 3 is 1.83 bits per heavy atom. The van der Waals surface area contributed by atoms with E-state index >= 15 is 0 Å². The highest BCUT2D eigenvalue weighted by Gasteiger charge is 2.36. The predicted octanol–water partition coefficient (Wildman–Crippen LogP) is 12.9. The minimum atomic E-state index is -0.277. The molecule has 0 amide bonds. The van der Waals surface area contributed by atoms with Crippen LogP contribution in [0.4, 0.5) is 0 Å². The second kappa shape index (κ2) is 13.4. The zero-order valence-corrected chi connectivity index (χ0v) is 32.4. The Bertz CT molecular complexity index is 3100. The van der Waals surface area contributed by atoms with Gasteiger partial charge in [0.2, 0.25) is 0 Å². The lowest BCUT2D eigenvalue weighted by Gasteiger charge is -2.23. The molecule has 2 heterocycles. The Morgan fingerprint density at radius 2 is 1.07 bits per heavy atom. The molecule has 9 aromatic rings. The Balaban J connectivity index is 1.14. The molecule has 2 aliphatic rings. The van der Waals surface area contributed by atoms with Gasteiger partial charge in [-0.15, -0.1) is 0 Å². The number of hydrogen-bond acceptors (Lipinski definition) is 3. The van der Waals surface area contributed by atoms with E-state index in [-0.39, 0.29) is 11.6 Å². The maximum Gasteiger partial charge on any atom is 0.159 e. The standard InChI is InChI=1S/C54H40N4/c1-54(2)46-26-13-12-24-43(46)50-42(25-15-27-47(50)54)39-28-30-48-44(33-39)45-34-40(29-31-49(45)58(48)41-23-14-22-38(32-41)35-16-6-3-7-17-35)53-56-51(36-18-8-4-9-19-36)55-52(57-53)37-20-10-5-11-21-37/h3-34,51H,1-2H3,(H,55,56,57). The molecule has 0 spiro atoms. The van der Waals surface area contributed by atoms with Crippen LogP contribution in [0.2, 0.25) is 0 Å². The van der Waals surface area contributed by atoms with Crippen LogP contribution in [0.5, 0.6) is 0 Å². The van der Waals surface area contributed by atoms with Crippen LogP contribution in [0.25, 0.3) is 60.9 Å². The first-order valence-electron chi connectivity index (χ1n) is 20.0. The number of rotatable bonds is 6. The lowest BCUT2D eigenvalue weighted by molar-refractivity contribution is 0.660. The van der Waals surface area contributed by atoms with Crippen molar-refractivity contribution in [2.45, 2.75) is 25.4 Å². The van der Waals surface area contributed by atoms with Crippen LogP contribution < -0.4 is 5.32 Å². The van der Waals surface area contributed by atoms with Crippen LogP contribution >= 0.6 is 0 Å². The van der Waals surface area contributed by atoms with Crippen LogP contribution in [-0.2, 0) is 5.41 Å². The second-order valence-corrected chi connectivity index (χ2v) is 15.9. The van der Waals surface area contributed by atoms with E-state index in [0.717, 1.165) is 44.6 Å². The number of hydrogen-bond donors (Lipinski definition) is 1. The lowest BCUT2D eigenvalue weighted by atomic mass is 9.82. The number of nitrogens with one attached hydrogen (secondary N) is 1. The predicted molar refractivity (Wildman–Crippen MR) is 241 cm³/mol. The minimum Gasteiger partial charge on any atom is -0.344 e. The molecule has 4 heteroatoms. The number of nitrogens with zero attached hydrogens (tertiary/aromatic N) is 3. The summed E-state index contributed by atoms with van der Waals surface area (Å²) in [5.74, 6) is 1.51. The van der Waals surface area contributed by atoms with E-state index in [1.807, 2.05) is 12.1 Å². The van der Waals surface area contributed by atoms with Gasteiger partial charge in [-0.05, 0) is 92.5 Å². The van der Waals surface area contributed by atoms with E-state index in [0.29, 0.717) is 5.84 Å². The maximum absolute atomic E-state index is 5.25. The summed E-state index contributed by atoms with van der Waals surface area (Å²) in [6, 6.07) is 69.7. The molecule has 1 aliphatic carbocycles. The summed E-state index contributed by atoms with van der Waals surface area (Å²) in [4.78, 5) is 10.4. The van der Waals surface area contributed by atoms with Gasteiger partial charge in [0.25, 0.3) is 0 Å². The average molecular weight is 745 g/mol. The van der Waals surface area contributed by atoms with E-state index in [4.69, 9.17) is 9.98 Å². The highest BCUT2D eigenvalue weighted by molar-refractivity contribution is 6.17. The SMILES string of the molecule is CC1(C)c2ccccc2-c2c(-c3ccc4c(c3)c3cc(C5=NC(c6ccccc6)NC(c6ccccc6)=N5)ccc3n4-c3cccc(-c4ccccc4)c3)cccc21. The highest BCUT2D eigenvalue weighted by atomic mass is 15.2. The summed E-state index contributed by atoms with van der Waals surface area (Å²) < 4.78 is 2.41. The van der Waals surface area contributed by atoms with Crippen molar-refractivity contribution in [2.75, 3.05) is 0 Å². The van der Waals surface area contributed by atoms with Crippen molar-refractivity contribution in [1.82, 2.24) is 9.88 Å². The topological polar surface area (TPSA) is 41.7 Å². The number of aliphatic imine (C=N–C) groups is 2. The Morgan fingerprint density at radius 1 is 0.483 bits per heavy atom. The molecule has 0 saturated heterocycles. The van der Waals surface area contributed by atoms with Crippen molar-refractivity contribution in [3.05, 3.63) is 222 Å².